The Kier molecular flexibility index (Phi) is 1.80. The van der Waals surface area contributed by atoms with Crippen LogP contribution in [0.5, 0.6) is 0 Å². The highest BCUT2D eigenvalue weighted by molar-refractivity contribution is 9.10. The molecule has 0 aliphatic heterocycles. The second-order valence-corrected chi connectivity index (χ2v) is 2.83. The lowest BCUT2D eigenvalue weighted by Crippen LogP contribution is -2.07. The summed E-state index contributed by atoms with van der Waals surface area (Å²) < 4.78 is 1.26. The van der Waals surface area contributed by atoms with Gasteiger partial charge in [0.1, 0.15) is 0 Å². The predicted octanol–water partition coefficient (Wildman–Crippen LogP) is 1.16. The molecule has 1 aromatic heterocycles. The average molecular weight is 204 g/mol. The minimum absolute atomic E-state index is 0.122. The first kappa shape index (κ1) is 7.34. The topological polar surface area (TPSA) is 42.2 Å². The summed E-state index contributed by atoms with van der Waals surface area (Å²) in [5, 5.41) is 8.97. The molecule has 1 rings (SSSR count). The number of rotatable bonds is 0. The molecule has 0 saturated carbocycles. The van der Waals surface area contributed by atoms with Crippen molar-refractivity contribution in [2.24, 2.45) is 0 Å². The van der Waals surface area contributed by atoms with Crippen LogP contribution in [0.3, 0.4) is 0 Å². The normalized spacial score (nSPS) is 9.80. The van der Waals surface area contributed by atoms with Crippen molar-refractivity contribution in [3.05, 3.63) is 32.7 Å². The van der Waals surface area contributed by atoms with Crippen molar-refractivity contribution >= 4 is 15.9 Å². The second-order valence-electron chi connectivity index (χ2n) is 1.97. The maximum Gasteiger partial charge on any atom is 0.196 e. The van der Waals surface area contributed by atoms with E-state index in [0.29, 0.717) is 10.2 Å². The van der Waals surface area contributed by atoms with E-state index in [2.05, 4.69) is 15.9 Å². The second kappa shape index (κ2) is 2.46. The van der Waals surface area contributed by atoms with Gasteiger partial charge in [-0.1, -0.05) is 0 Å². The van der Waals surface area contributed by atoms with Crippen LogP contribution in [0.1, 0.15) is 5.69 Å². The van der Waals surface area contributed by atoms with Crippen LogP contribution in [-0.4, -0.2) is 9.94 Å². The van der Waals surface area contributed by atoms with Gasteiger partial charge in [0.25, 0.3) is 0 Å². The molecule has 0 unspecified atom stereocenters. The van der Waals surface area contributed by atoms with Crippen molar-refractivity contribution < 1.29 is 5.21 Å². The van der Waals surface area contributed by atoms with Crippen molar-refractivity contribution in [2.75, 3.05) is 0 Å². The van der Waals surface area contributed by atoms with Crippen molar-refractivity contribution in [2.45, 2.75) is 6.92 Å². The Morgan fingerprint density at radius 3 is 2.80 bits per heavy atom. The van der Waals surface area contributed by atoms with Crippen molar-refractivity contribution in [3.63, 3.8) is 0 Å². The smallest absolute Gasteiger partial charge is 0.196 e. The van der Waals surface area contributed by atoms with Crippen LogP contribution in [0.25, 0.3) is 0 Å². The number of pyridine rings is 1. The van der Waals surface area contributed by atoms with Gasteiger partial charge in [-0.3, -0.25) is 4.79 Å². The molecule has 1 N–H and O–H groups in total. The van der Waals surface area contributed by atoms with Gasteiger partial charge in [0.15, 0.2) is 5.43 Å². The van der Waals surface area contributed by atoms with Crippen LogP contribution in [0.2, 0.25) is 0 Å². The van der Waals surface area contributed by atoms with Gasteiger partial charge in [0.2, 0.25) is 0 Å². The lowest BCUT2D eigenvalue weighted by molar-refractivity contribution is 0.177. The van der Waals surface area contributed by atoms with Gasteiger partial charge in [-0.15, -0.1) is 0 Å². The molecule has 1 heterocycles. The summed E-state index contributed by atoms with van der Waals surface area (Å²) >= 11 is 2.99. The van der Waals surface area contributed by atoms with E-state index in [1.807, 2.05) is 0 Å². The largest absolute Gasteiger partial charge is 0.429 e. The summed E-state index contributed by atoms with van der Waals surface area (Å²) in [6, 6.07) is 1.35. The van der Waals surface area contributed by atoms with Gasteiger partial charge < -0.3 is 5.21 Å². The van der Waals surface area contributed by atoms with Gasteiger partial charge in [-0.25, -0.2) is 0 Å². The highest BCUT2D eigenvalue weighted by atomic mass is 79.9. The molecule has 0 aliphatic rings. The van der Waals surface area contributed by atoms with Crippen LogP contribution < -0.4 is 5.43 Å². The average Bonchev–Trinajstić information content (AvgIpc) is 1.84. The van der Waals surface area contributed by atoms with Crippen LogP contribution in [0.4, 0.5) is 0 Å². The third-order valence-corrected chi connectivity index (χ3v) is 1.77. The number of aromatic nitrogens is 1. The molecule has 0 bridgehead atoms. The Morgan fingerprint density at radius 2 is 2.30 bits per heavy atom. The van der Waals surface area contributed by atoms with Crippen molar-refractivity contribution in [1.82, 2.24) is 4.73 Å². The third kappa shape index (κ3) is 1.21. The van der Waals surface area contributed by atoms with Gasteiger partial charge in [-0.05, 0) is 22.9 Å². The summed E-state index contributed by atoms with van der Waals surface area (Å²) in [6.45, 7) is 1.65. The zero-order valence-electron chi connectivity index (χ0n) is 5.34. The summed E-state index contributed by atoms with van der Waals surface area (Å²) in [7, 11) is 0. The summed E-state index contributed by atoms with van der Waals surface area (Å²) in [5.74, 6) is 0. The molecular formula is C6H6BrNO2. The molecular weight excluding hydrogens is 198 g/mol. The number of hydrogen-bond acceptors (Lipinski definition) is 2. The Hall–Kier alpha value is -0.770. The molecule has 1 aromatic rings. The predicted molar refractivity (Wildman–Crippen MR) is 40.3 cm³/mol. The molecule has 54 valence electrons. The molecule has 0 atom stereocenters. The molecule has 3 nitrogen and oxygen atoms in total. The van der Waals surface area contributed by atoms with E-state index in [1.165, 1.54) is 12.3 Å². The van der Waals surface area contributed by atoms with Crippen LogP contribution in [0, 0.1) is 6.92 Å². The van der Waals surface area contributed by atoms with Gasteiger partial charge >= 0.3 is 0 Å². The Balaban J connectivity index is 3.43. The van der Waals surface area contributed by atoms with E-state index in [4.69, 9.17) is 5.21 Å². The Labute approximate surface area is 66.0 Å². The lowest BCUT2D eigenvalue weighted by Gasteiger charge is -1.99. The fourth-order valence-electron chi connectivity index (χ4n) is 0.598. The quantitative estimate of drug-likeness (QED) is 0.644. The molecule has 0 radical (unpaired) electrons. The molecule has 0 spiro atoms. The number of aryl methyl sites for hydroxylation is 1. The standard InChI is InChI=1S/C6H6BrNO2/c1-4-2-6(9)5(7)3-8(4)10/h2-3,10H,1H3. The van der Waals surface area contributed by atoms with Gasteiger partial charge in [0, 0.05) is 6.07 Å². The molecule has 0 aromatic carbocycles. The van der Waals surface area contributed by atoms with Gasteiger partial charge in [0.05, 0.1) is 16.4 Å². The monoisotopic (exact) mass is 203 g/mol. The number of halogens is 1. The van der Waals surface area contributed by atoms with Crippen LogP contribution >= 0.6 is 15.9 Å². The highest BCUT2D eigenvalue weighted by Gasteiger charge is 1.97. The van der Waals surface area contributed by atoms with Crippen LogP contribution in [-0.2, 0) is 0 Å². The maximum absolute atomic E-state index is 10.8. The fraction of sp³-hybridized carbons (Fsp3) is 0.167. The molecule has 0 saturated heterocycles. The Morgan fingerprint density at radius 1 is 1.70 bits per heavy atom. The SMILES string of the molecule is Cc1cc(=O)c(Br)cn1O. The van der Waals surface area contributed by atoms with E-state index >= 15 is 0 Å². The zero-order valence-corrected chi connectivity index (χ0v) is 6.92. The third-order valence-electron chi connectivity index (χ3n) is 1.17. The zero-order chi connectivity index (χ0) is 7.72. The van der Waals surface area contributed by atoms with E-state index in [-0.39, 0.29) is 5.43 Å². The summed E-state index contributed by atoms with van der Waals surface area (Å²) in [6.07, 6.45) is 1.32. The first-order chi connectivity index (χ1) is 4.61. The minimum atomic E-state index is -0.122. The minimum Gasteiger partial charge on any atom is -0.429 e. The van der Waals surface area contributed by atoms with Gasteiger partial charge in [-0.2, -0.15) is 4.73 Å². The maximum atomic E-state index is 10.8. The lowest BCUT2D eigenvalue weighted by atomic mass is 10.4. The first-order valence-corrected chi connectivity index (χ1v) is 3.48. The van der Waals surface area contributed by atoms with E-state index in [9.17, 15) is 4.79 Å². The molecule has 4 heteroatoms. The summed E-state index contributed by atoms with van der Waals surface area (Å²) in [5.41, 5.74) is 0.399. The number of nitrogens with zero attached hydrogens (tertiary/aromatic N) is 1. The highest BCUT2D eigenvalue weighted by Crippen LogP contribution is 2.02. The fourth-order valence-corrected chi connectivity index (χ4v) is 0.906. The van der Waals surface area contributed by atoms with Crippen molar-refractivity contribution in [3.8, 4) is 0 Å². The van der Waals surface area contributed by atoms with Crippen molar-refractivity contribution in [1.29, 1.82) is 0 Å². The summed E-state index contributed by atoms with van der Waals surface area (Å²) in [4.78, 5) is 10.8. The first-order valence-electron chi connectivity index (χ1n) is 2.69. The molecule has 0 fully saturated rings. The van der Waals surface area contributed by atoms with E-state index in [1.54, 1.807) is 6.92 Å². The van der Waals surface area contributed by atoms with E-state index in [0.717, 1.165) is 4.73 Å². The number of hydrogen-bond donors (Lipinski definition) is 1. The molecule has 0 aliphatic carbocycles. The molecule has 0 amide bonds. The molecule has 10 heavy (non-hydrogen) atoms. The van der Waals surface area contributed by atoms with E-state index < -0.39 is 0 Å². The van der Waals surface area contributed by atoms with Crippen LogP contribution in [0.15, 0.2) is 21.5 Å². The Bertz CT molecular complexity index is 305.